The van der Waals surface area contributed by atoms with Crippen LogP contribution in [0.15, 0.2) is 60.0 Å². The van der Waals surface area contributed by atoms with Crippen molar-refractivity contribution in [1.29, 1.82) is 5.26 Å². The Morgan fingerprint density at radius 3 is 2.83 bits per heavy atom. The second-order valence-corrected chi connectivity index (χ2v) is 9.38. The van der Waals surface area contributed by atoms with Crippen molar-refractivity contribution < 1.29 is 13.6 Å². The van der Waals surface area contributed by atoms with Gasteiger partial charge < -0.3 is 10.3 Å². The fraction of sp³-hybridized carbons (Fsp3) is 0.179. The Labute approximate surface area is 226 Å². The number of aliphatic imine (C=N–C) groups is 1. The van der Waals surface area contributed by atoms with Gasteiger partial charge >= 0.3 is 0 Å². The molecule has 1 atom stereocenters. The number of carbonyl (C=O) groups is 1. The maximum absolute atomic E-state index is 16.2. The molecule has 0 spiro atoms. The van der Waals surface area contributed by atoms with E-state index >= 15 is 4.39 Å². The first-order chi connectivity index (χ1) is 19.5. The molecule has 0 saturated heterocycles. The Kier molecular flexibility index (Phi) is 6.53. The molecule has 1 aliphatic carbocycles. The minimum Gasteiger partial charge on any atom is -0.347 e. The number of fused-ring (bicyclic) bond motifs is 1. The van der Waals surface area contributed by atoms with Gasteiger partial charge in [-0.25, -0.2) is 23.7 Å². The molecule has 1 fully saturated rings. The Morgan fingerprint density at radius 2 is 2.05 bits per heavy atom. The highest BCUT2D eigenvalue weighted by Gasteiger charge is 2.26. The lowest BCUT2D eigenvalue weighted by atomic mass is 9.93. The highest BCUT2D eigenvalue weighted by molar-refractivity contribution is 5.97. The summed E-state index contributed by atoms with van der Waals surface area (Å²) in [6, 6.07) is 11.9. The van der Waals surface area contributed by atoms with Crippen molar-refractivity contribution in [2.24, 2.45) is 4.99 Å². The zero-order valence-electron chi connectivity index (χ0n) is 20.9. The van der Waals surface area contributed by atoms with E-state index in [-0.39, 0.29) is 40.3 Å². The van der Waals surface area contributed by atoms with Gasteiger partial charge in [0.2, 0.25) is 0 Å². The summed E-state index contributed by atoms with van der Waals surface area (Å²) in [7, 11) is 0. The number of nitrogens with one attached hydrogen (secondary N) is 3. The number of halogens is 2. The Morgan fingerprint density at radius 1 is 1.20 bits per heavy atom. The zero-order valence-corrected chi connectivity index (χ0v) is 20.9. The van der Waals surface area contributed by atoms with Crippen molar-refractivity contribution in [1.82, 2.24) is 35.7 Å². The van der Waals surface area contributed by atoms with E-state index in [0.29, 0.717) is 40.7 Å². The maximum Gasteiger partial charge on any atom is 0.273 e. The van der Waals surface area contributed by atoms with Crippen LogP contribution in [0.2, 0.25) is 0 Å². The number of hydrogen-bond acceptors (Lipinski definition) is 7. The number of amides is 1. The second-order valence-electron chi connectivity index (χ2n) is 9.38. The molecule has 3 N–H and O–H groups in total. The first-order valence-corrected chi connectivity index (χ1v) is 12.6. The van der Waals surface area contributed by atoms with Crippen LogP contribution >= 0.6 is 0 Å². The number of hydrogen-bond donors (Lipinski definition) is 3. The summed E-state index contributed by atoms with van der Waals surface area (Å²) in [5.74, 6) is -1.85. The van der Waals surface area contributed by atoms with Gasteiger partial charge in [-0.1, -0.05) is 35.5 Å². The molecule has 198 valence electrons. The number of rotatable bonds is 5. The molecular formula is C28H21F2N9O. The Hall–Kier alpha value is -5.31. The first kappa shape index (κ1) is 25.0. The third kappa shape index (κ3) is 4.69. The third-order valence-electron chi connectivity index (χ3n) is 6.80. The molecule has 4 heterocycles. The normalized spacial score (nSPS) is 16.2. The van der Waals surface area contributed by atoms with Crippen molar-refractivity contribution in [3.63, 3.8) is 0 Å². The van der Waals surface area contributed by atoms with Crippen LogP contribution in [0.5, 0.6) is 0 Å². The lowest BCUT2D eigenvalue weighted by Gasteiger charge is -2.24. The summed E-state index contributed by atoms with van der Waals surface area (Å²) in [6.07, 6.45) is 6.49. The van der Waals surface area contributed by atoms with Crippen LogP contribution in [-0.4, -0.2) is 48.0 Å². The summed E-state index contributed by atoms with van der Waals surface area (Å²) in [4.78, 5) is 28.6. The summed E-state index contributed by atoms with van der Waals surface area (Å²) in [5.41, 5.74) is 2.32. The van der Waals surface area contributed by atoms with E-state index in [1.54, 1.807) is 36.5 Å². The quantitative estimate of drug-likeness (QED) is 0.287. The number of nitriles is 1. The SMILES string of the molecule is N#Cc1c(-c2c[nH]c3ncc(F)cc23)nc(/N=C2\CCC[C@@H](NC(=O)c3c[nH]nn3)C2)c(F)c1-c1ccccc1. The number of aromatic nitrogens is 6. The van der Waals surface area contributed by atoms with Crippen LogP contribution in [0.3, 0.4) is 0 Å². The second kappa shape index (κ2) is 10.5. The van der Waals surface area contributed by atoms with Gasteiger partial charge in [-0.05, 0) is 30.9 Å². The molecule has 1 aromatic carbocycles. The van der Waals surface area contributed by atoms with E-state index in [0.717, 1.165) is 19.0 Å². The van der Waals surface area contributed by atoms with Gasteiger partial charge in [0, 0.05) is 40.9 Å². The van der Waals surface area contributed by atoms with E-state index in [1.165, 1.54) is 12.3 Å². The number of carbonyl (C=O) groups excluding carboxylic acids is 1. The average molecular weight is 538 g/mol. The van der Waals surface area contributed by atoms with Crippen LogP contribution in [0.25, 0.3) is 33.4 Å². The lowest BCUT2D eigenvalue weighted by Crippen LogP contribution is -2.38. The van der Waals surface area contributed by atoms with Gasteiger partial charge in [0.25, 0.3) is 5.91 Å². The summed E-state index contributed by atoms with van der Waals surface area (Å²) in [5, 5.41) is 23.3. The zero-order chi connectivity index (χ0) is 27.6. The minimum absolute atomic E-state index is 0.000734. The van der Waals surface area contributed by atoms with Gasteiger partial charge in [-0.3, -0.25) is 9.89 Å². The predicted octanol–water partition coefficient (Wildman–Crippen LogP) is 5.00. The van der Waals surface area contributed by atoms with Gasteiger partial charge in [-0.15, -0.1) is 5.10 Å². The van der Waals surface area contributed by atoms with Crippen molar-refractivity contribution in [2.75, 3.05) is 0 Å². The number of benzene rings is 1. The molecule has 1 amide bonds. The van der Waals surface area contributed by atoms with Gasteiger partial charge in [0.15, 0.2) is 17.3 Å². The average Bonchev–Trinajstić information content (AvgIpc) is 3.65. The van der Waals surface area contributed by atoms with E-state index < -0.39 is 11.6 Å². The Balaban J connectivity index is 1.46. The molecule has 0 bridgehead atoms. The minimum atomic E-state index is -0.739. The first-order valence-electron chi connectivity index (χ1n) is 12.6. The molecule has 10 nitrogen and oxygen atoms in total. The van der Waals surface area contributed by atoms with Crippen molar-refractivity contribution in [3.8, 4) is 28.5 Å². The molecule has 40 heavy (non-hydrogen) atoms. The molecule has 0 unspecified atom stereocenters. The van der Waals surface area contributed by atoms with Crippen LogP contribution in [0.1, 0.15) is 41.7 Å². The molecule has 0 aliphatic heterocycles. The van der Waals surface area contributed by atoms with E-state index in [2.05, 4.69) is 46.7 Å². The molecular weight excluding hydrogens is 516 g/mol. The molecule has 1 saturated carbocycles. The summed E-state index contributed by atoms with van der Waals surface area (Å²) < 4.78 is 30.3. The van der Waals surface area contributed by atoms with Crippen molar-refractivity contribution in [3.05, 3.63) is 77.9 Å². The fourth-order valence-electron chi connectivity index (χ4n) is 4.97. The number of aromatic amines is 2. The number of nitrogens with zero attached hydrogens (tertiary/aromatic N) is 6. The van der Waals surface area contributed by atoms with Crippen molar-refractivity contribution in [2.45, 2.75) is 31.7 Å². The monoisotopic (exact) mass is 537 g/mol. The standard InChI is InChI=1S/C28H21F2N9O/c29-16-9-19-21(13-33-26(19)32-12-16)25-20(11-31)23(15-5-2-1-3-6-15)24(30)27(37-25)35-17-7-4-8-18(10-17)36-28(40)22-14-34-39-38-22/h1-3,5-6,9,12-14,18H,4,7-8,10H2,(H,32,33)(H,36,40)(H,34,38,39)/b35-17+/t18-/m1/s1. The van der Waals surface area contributed by atoms with Crippen LogP contribution in [0.4, 0.5) is 14.6 Å². The summed E-state index contributed by atoms with van der Waals surface area (Å²) in [6.45, 7) is 0. The van der Waals surface area contributed by atoms with Crippen LogP contribution in [0, 0.1) is 23.0 Å². The van der Waals surface area contributed by atoms with Crippen LogP contribution < -0.4 is 5.32 Å². The topological polar surface area (TPSA) is 148 Å². The summed E-state index contributed by atoms with van der Waals surface area (Å²) >= 11 is 0. The third-order valence-corrected chi connectivity index (χ3v) is 6.80. The Bertz CT molecular complexity index is 1790. The lowest BCUT2D eigenvalue weighted by molar-refractivity contribution is 0.0929. The molecule has 12 heteroatoms. The molecule has 4 aromatic heterocycles. The van der Waals surface area contributed by atoms with Gasteiger partial charge in [-0.2, -0.15) is 5.26 Å². The van der Waals surface area contributed by atoms with E-state index in [1.807, 2.05) is 0 Å². The predicted molar refractivity (Wildman–Crippen MR) is 143 cm³/mol. The molecule has 6 rings (SSSR count). The van der Waals surface area contributed by atoms with E-state index in [4.69, 9.17) is 0 Å². The maximum atomic E-state index is 16.2. The number of H-pyrrole nitrogens is 2. The molecule has 1 aliphatic rings. The molecule has 0 radical (unpaired) electrons. The van der Waals surface area contributed by atoms with Gasteiger partial charge in [0.1, 0.15) is 17.5 Å². The highest BCUT2D eigenvalue weighted by Crippen LogP contribution is 2.39. The van der Waals surface area contributed by atoms with Crippen molar-refractivity contribution >= 4 is 28.5 Å². The largest absolute Gasteiger partial charge is 0.347 e. The molecule has 5 aromatic rings. The highest BCUT2D eigenvalue weighted by atomic mass is 19.1. The fourth-order valence-corrected chi connectivity index (χ4v) is 4.97. The van der Waals surface area contributed by atoms with Gasteiger partial charge in [0.05, 0.1) is 23.7 Å². The van der Waals surface area contributed by atoms with Crippen LogP contribution in [-0.2, 0) is 0 Å². The van der Waals surface area contributed by atoms with E-state index in [9.17, 15) is 14.4 Å². The number of pyridine rings is 2. The smallest absolute Gasteiger partial charge is 0.273 e.